The van der Waals surface area contributed by atoms with Gasteiger partial charge in [0.05, 0.1) is 24.2 Å². The third-order valence-corrected chi connectivity index (χ3v) is 5.25. The SMILES string of the molecule is COc1ccc(C)cc1NC(=O)CN1CCN(C(=O)c2cccs2)CC1. The largest absolute Gasteiger partial charge is 0.495 e. The fourth-order valence-electron chi connectivity index (χ4n) is 2.98. The summed E-state index contributed by atoms with van der Waals surface area (Å²) in [6.07, 6.45) is 0. The molecule has 3 rings (SSSR count). The van der Waals surface area contributed by atoms with Gasteiger partial charge in [-0.3, -0.25) is 14.5 Å². The molecule has 0 aliphatic carbocycles. The lowest BCUT2D eigenvalue weighted by molar-refractivity contribution is -0.117. The van der Waals surface area contributed by atoms with Crippen molar-refractivity contribution >= 4 is 28.8 Å². The molecule has 2 aromatic rings. The van der Waals surface area contributed by atoms with E-state index in [-0.39, 0.29) is 11.8 Å². The molecule has 1 aliphatic heterocycles. The molecule has 1 saturated heterocycles. The van der Waals surface area contributed by atoms with Gasteiger partial charge in [0, 0.05) is 26.2 Å². The summed E-state index contributed by atoms with van der Waals surface area (Å²) in [7, 11) is 1.59. The summed E-state index contributed by atoms with van der Waals surface area (Å²) in [5.41, 5.74) is 1.74. The molecule has 1 aliphatic rings. The van der Waals surface area contributed by atoms with E-state index in [9.17, 15) is 9.59 Å². The highest BCUT2D eigenvalue weighted by molar-refractivity contribution is 7.12. The molecule has 0 spiro atoms. The summed E-state index contributed by atoms with van der Waals surface area (Å²) in [5, 5.41) is 4.83. The van der Waals surface area contributed by atoms with Crippen molar-refractivity contribution in [3.8, 4) is 5.75 Å². The Kier molecular flexibility index (Phi) is 5.90. The Hall–Kier alpha value is -2.38. The molecule has 0 atom stereocenters. The van der Waals surface area contributed by atoms with Crippen molar-refractivity contribution in [3.63, 3.8) is 0 Å². The lowest BCUT2D eigenvalue weighted by atomic mass is 10.2. The quantitative estimate of drug-likeness (QED) is 0.875. The Labute approximate surface area is 157 Å². The van der Waals surface area contributed by atoms with Gasteiger partial charge in [-0.15, -0.1) is 11.3 Å². The Morgan fingerprint density at radius 1 is 1.19 bits per heavy atom. The number of rotatable bonds is 5. The zero-order valence-electron chi connectivity index (χ0n) is 15.0. The summed E-state index contributed by atoms with van der Waals surface area (Å²) in [6, 6.07) is 9.42. The molecule has 0 radical (unpaired) electrons. The number of piperazine rings is 1. The Bertz CT molecular complexity index is 768. The molecule has 26 heavy (non-hydrogen) atoms. The molecule has 6 nitrogen and oxygen atoms in total. The first kappa shape index (κ1) is 18.4. The van der Waals surface area contributed by atoms with E-state index in [0.717, 1.165) is 10.4 Å². The second-order valence-corrected chi connectivity index (χ2v) is 7.25. The minimum Gasteiger partial charge on any atom is -0.495 e. The number of carbonyl (C=O) groups is 2. The Morgan fingerprint density at radius 2 is 1.96 bits per heavy atom. The van der Waals surface area contributed by atoms with Gasteiger partial charge in [0.25, 0.3) is 5.91 Å². The smallest absolute Gasteiger partial charge is 0.264 e. The number of hydrogen-bond donors (Lipinski definition) is 1. The predicted molar refractivity (Wildman–Crippen MR) is 103 cm³/mol. The number of methoxy groups -OCH3 is 1. The first-order valence-corrected chi connectivity index (χ1v) is 9.44. The van der Waals surface area contributed by atoms with E-state index in [4.69, 9.17) is 4.74 Å². The van der Waals surface area contributed by atoms with Gasteiger partial charge in [0.2, 0.25) is 5.91 Å². The number of aryl methyl sites for hydroxylation is 1. The lowest BCUT2D eigenvalue weighted by Gasteiger charge is -2.34. The van der Waals surface area contributed by atoms with Crippen molar-refractivity contribution in [2.75, 3.05) is 45.2 Å². The normalized spacial score (nSPS) is 14.9. The third-order valence-electron chi connectivity index (χ3n) is 4.39. The minimum absolute atomic E-state index is 0.0769. The van der Waals surface area contributed by atoms with Gasteiger partial charge in [-0.2, -0.15) is 0 Å². The second kappa shape index (κ2) is 8.33. The Balaban J connectivity index is 1.51. The molecule has 1 N–H and O–H groups in total. The van der Waals surface area contributed by atoms with Crippen LogP contribution in [0.25, 0.3) is 0 Å². The number of amides is 2. The first-order chi connectivity index (χ1) is 12.6. The number of ether oxygens (including phenoxy) is 1. The van der Waals surface area contributed by atoms with Gasteiger partial charge >= 0.3 is 0 Å². The van der Waals surface area contributed by atoms with Gasteiger partial charge in [-0.1, -0.05) is 12.1 Å². The lowest BCUT2D eigenvalue weighted by Crippen LogP contribution is -2.50. The van der Waals surface area contributed by atoms with Crippen molar-refractivity contribution in [1.29, 1.82) is 0 Å². The number of anilines is 1. The number of hydrogen-bond acceptors (Lipinski definition) is 5. The molecular formula is C19H23N3O3S. The molecular weight excluding hydrogens is 350 g/mol. The van der Waals surface area contributed by atoms with Crippen molar-refractivity contribution in [2.24, 2.45) is 0 Å². The van der Waals surface area contributed by atoms with E-state index in [1.807, 2.05) is 47.5 Å². The van der Waals surface area contributed by atoms with Crippen LogP contribution in [-0.2, 0) is 4.79 Å². The van der Waals surface area contributed by atoms with Crippen LogP contribution in [0.3, 0.4) is 0 Å². The van der Waals surface area contributed by atoms with Gasteiger partial charge in [-0.25, -0.2) is 0 Å². The second-order valence-electron chi connectivity index (χ2n) is 6.30. The van der Waals surface area contributed by atoms with Crippen molar-refractivity contribution < 1.29 is 14.3 Å². The van der Waals surface area contributed by atoms with Crippen molar-refractivity contribution in [2.45, 2.75) is 6.92 Å². The summed E-state index contributed by atoms with van der Waals surface area (Å²) in [5.74, 6) is 0.649. The average Bonchev–Trinajstić information content (AvgIpc) is 3.16. The molecule has 0 unspecified atom stereocenters. The van der Waals surface area contributed by atoms with E-state index >= 15 is 0 Å². The van der Waals surface area contributed by atoms with Crippen LogP contribution >= 0.6 is 11.3 Å². The van der Waals surface area contributed by atoms with E-state index in [0.29, 0.717) is 44.2 Å². The monoisotopic (exact) mass is 373 g/mol. The summed E-state index contributed by atoms with van der Waals surface area (Å²) >= 11 is 1.46. The highest BCUT2D eigenvalue weighted by Gasteiger charge is 2.24. The Morgan fingerprint density at radius 3 is 2.62 bits per heavy atom. The predicted octanol–water partition coefficient (Wildman–Crippen LogP) is 2.46. The van der Waals surface area contributed by atoms with Crippen LogP contribution in [0.1, 0.15) is 15.2 Å². The molecule has 1 aromatic carbocycles. The first-order valence-electron chi connectivity index (χ1n) is 8.56. The number of benzene rings is 1. The number of nitrogens with one attached hydrogen (secondary N) is 1. The number of thiophene rings is 1. The number of carbonyl (C=O) groups excluding carboxylic acids is 2. The van der Waals surface area contributed by atoms with Crippen LogP contribution in [0.4, 0.5) is 5.69 Å². The van der Waals surface area contributed by atoms with E-state index in [1.54, 1.807) is 7.11 Å². The summed E-state index contributed by atoms with van der Waals surface area (Å²) < 4.78 is 5.30. The van der Waals surface area contributed by atoms with Crippen LogP contribution in [0.5, 0.6) is 5.75 Å². The highest BCUT2D eigenvalue weighted by atomic mass is 32.1. The maximum Gasteiger partial charge on any atom is 0.264 e. The molecule has 7 heteroatoms. The van der Waals surface area contributed by atoms with Crippen LogP contribution < -0.4 is 10.1 Å². The van der Waals surface area contributed by atoms with E-state index < -0.39 is 0 Å². The standard InChI is InChI=1S/C19H23N3O3S/c1-14-5-6-16(25-2)15(12-14)20-18(23)13-21-7-9-22(10-8-21)19(24)17-4-3-11-26-17/h3-6,11-12H,7-10,13H2,1-2H3,(H,20,23). The maximum atomic E-state index is 12.4. The molecule has 0 saturated carbocycles. The molecule has 2 heterocycles. The maximum absolute atomic E-state index is 12.4. The molecule has 0 bridgehead atoms. The van der Waals surface area contributed by atoms with Crippen molar-refractivity contribution in [1.82, 2.24) is 9.80 Å². The fourth-order valence-corrected chi connectivity index (χ4v) is 3.67. The van der Waals surface area contributed by atoms with Gasteiger partial charge < -0.3 is 15.0 Å². The zero-order valence-corrected chi connectivity index (χ0v) is 15.8. The average molecular weight is 373 g/mol. The fraction of sp³-hybridized carbons (Fsp3) is 0.368. The van der Waals surface area contributed by atoms with Crippen LogP contribution in [0.2, 0.25) is 0 Å². The summed E-state index contributed by atoms with van der Waals surface area (Å²) in [4.78, 5) is 29.4. The zero-order chi connectivity index (χ0) is 18.5. The minimum atomic E-state index is -0.0769. The van der Waals surface area contributed by atoms with Crippen LogP contribution in [0.15, 0.2) is 35.7 Å². The van der Waals surface area contributed by atoms with Crippen LogP contribution in [0, 0.1) is 6.92 Å². The van der Waals surface area contributed by atoms with E-state index in [2.05, 4.69) is 10.2 Å². The third kappa shape index (κ3) is 4.42. The van der Waals surface area contributed by atoms with Crippen molar-refractivity contribution in [3.05, 3.63) is 46.2 Å². The molecule has 2 amide bonds. The molecule has 1 fully saturated rings. The molecule has 1 aromatic heterocycles. The van der Waals surface area contributed by atoms with Gasteiger partial charge in [0.1, 0.15) is 5.75 Å². The van der Waals surface area contributed by atoms with Gasteiger partial charge in [-0.05, 0) is 36.1 Å². The highest BCUT2D eigenvalue weighted by Crippen LogP contribution is 2.25. The van der Waals surface area contributed by atoms with Crippen LogP contribution in [-0.4, -0.2) is 61.4 Å². The topological polar surface area (TPSA) is 61.9 Å². The summed E-state index contributed by atoms with van der Waals surface area (Å²) in [6.45, 7) is 4.93. The molecule has 138 valence electrons. The number of nitrogens with zero attached hydrogens (tertiary/aromatic N) is 2. The van der Waals surface area contributed by atoms with E-state index in [1.165, 1.54) is 11.3 Å². The van der Waals surface area contributed by atoms with Gasteiger partial charge in [0.15, 0.2) is 0 Å².